The van der Waals surface area contributed by atoms with E-state index in [2.05, 4.69) is 15.3 Å². The van der Waals surface area contributed by atoms with Gasteiger partial charge >= 0.3 is 6.18 Å². The summed E-state index contributed by atoms with van der Waals surface area (Å²) in [5, 5.41) is 11.7. The Morgan fingerprint density at radius 3 is 2.30 bits per heavy atom. The van der Waals surface area contributed by atoms with Crippen molar-refractivity contribution in [3.63, 3.8) is 0 Å². The summed E-state index contributed by atoms with van der Waals surface area (Å²) in [5.41, 5.74) is 0.658. The number of nitriles is 1. The van der Waals surface area contributed by atoms with Crippen LogP contribution in [0.2, 0.25) is 0 Å². The van der Waals surface area contributed by atoms with Gasteiger partial charge < -0.3 is 10.2 Å². The first-order chi connectivity index (χ1) is 12.9. The Labute approximate surface area is 153 Å². The van der Waals surface area contributed by atoms with E-state index in [9.17, 15) is 13.2 Å². The molecule has 1 heterocycles. The first-order valence-electron chi connectivity index (χ1n) is 7.88. The fraction of sp³-hybridized carbons (Fsp3) is 0.105. The number of aromatic nitrogens is 2. The van der Waals surface area contributed by atoms with Gasteiger partial charge in [0.2, 0.25) is 5.95 Å². The van der Waals surface area contributed by atoms with E-state index < -0.39 is 11.7 Å². The average Bonchev–Trinajstić information content (AvgIpc) is 2.68. The molecule has 0 amide bonds. The Kier molecular flexibility index (Phi) is 4.94. The zero-order valence-electron chi connectivity index (χ0n) is 14.2. The predicted octanol–water partition coefficient (Wildman–Crippen LogP) is 4.88. The molecule has 0 fully saturated rings. The van der Waals surface area contributed by atoms with Crippen molar-refractivity contribution in [3.05, 3.63) is 71.9 Å². The molecule has 0 aliphatic heterocycles. The second-order valence-electron chi connectivity index (χ2n) is 5.64. The van der Waals surface area contributed by atoms with Crippen LogP contribution in [0.15, 0.2) is 60.8 Å². The van der Waals surface area contributed by atoms with Gasteiger partial charge in [-0.25, -0.2) is 4.98 Å². The molecule has 0 aliphatic carbocycles. The summed E-state index contributed by atoms with van der Waals surface area (Å²) < 4.78 is 40.2. The number of para-hydroxylation sites is 1. The average molecular weight is 369 g/mol. The minimum absolute atomic E-state index is 0.0190. The van der Waals surface area contributed by atoms with Gasteiger partial charge in [0, 0.05) is 24.6 Å². The predicted molar refractivity (Wildman–Crippen MR) is 96.0 cm³/mol. The Hall–Kier alpha value is -3.60. The van der Waals surface area contributed by atoms with Crippen molar-refractivity contribution in [2.45, 2.75) is 6.18 Å². The fourth-order valence-corrected chi connectivity index (χ4v) is 2.42. The summed E-state index contributed by atoms with van der Waals surface area (Å²) >= 11 is 0. The van der Waals surface area contributed by atoms with E-state index >= 15 is 0 Å². The number of hydrogen-bond donors (Lipinski definition) is 1. The van der Waals surface area contributed by atoms with Gasteiger partial charge in [0.05, 0.1) is 11.6 Å². The van der Waals surface area contributed by atoms with E-state index in [0.717, 1.165) is 6.20 Å². The monoisotopic (exact) mass is 369 g/mol. The molecule has 5 nitrogen and oxygen atoms in total. The van der Waals surface area contributed by atoms with Crippen molar-refractivity contribution in [2.75, 3.05) is 17.3 Å². The molecule has 136 valence electrons. The largest absolute Gasteiger partial charge is 0.421 e. The zero-order valence-corrected chi connectivity index (χ0v) is 14.2. The van der Waals surface area contributed by atoms with Crippen LogP contribution in [0.25, 0.3) is 0 Å². The second-order valence-corrected chi connectivity index (χ2v) is 5.64. The highest BCUT2D eigenvalue weighted by Gasteiger charge is 2.36. The van der Waals surface area contributed by atoms with E-state index in [-0.39, 0.29) is 11.8 Å². The second kappa shape index (κ2) is 7.33. The lowest BCUT2D eigenvalue weighted by Crippen LogP contribution is -2.19. The minimum Gasteiger partial charge on any atom is -0.329 e. The van der Waals surface area contributed by atoms with Gasteiger partial charge in [0.1, 0.15) is 5.56 Å². The molecule has 2 aromatic carbocycles. The number of anilines is 4. The molecular formula is C19H14F3N5. The van der Waals surface area contributed by atoms with Crippen LogP contribution in [-0.4, -0.2) is 17.0 Å². The van der Waals surface area contributed by atoms with Gasteiger partial charge in [-0.3, -0.25) is 0 Å². The first kappa shape index (κ1) is 18.2. The Bertz CT molecular complexity index is 963. The molecule has 0 bridgehead atoms. The molecule has 27 heavy (non-hydrogen) atoms. The molecule has 0 unspecified atom stereocenters. The third-order valence-electron chi connectivity index (χ3n) is 3.81. The van der Waals surface area contributed by atoms with E-state index in [0.29, 0.717) is 16.9 Å². The van der Waals surface area contributed by atoms with Crippen LogP contribution in [0.5, 0.6) is 0 Å². The van der Waals surface area contributed by atoms with Crippen molar-refractivity contribution in [1.29, 1.82) is 5.26 Å². The van der Waals surface area contributed by atoms with Crippen molar-refractivity contribution >= 4 is 23.1 Å². The Balaban J connectivity index is 1.98. The van der Waals surface area contributed by atoms with Gasteiger partial charge in [-0.15, -0.1) is 0 Å². The summed E-state index contributed by atoms with van der Waals surface area (Å²) in [7, 11) is 1.51. The Morgan fingerprint density at radius 2 is 1.70 bits per heavy atom. The summed E-state index contributed by atoms with van der Waals surface area (Å²) in [6, 6.07) is 17.0. The first-order valence-corrected chi connectivity index (χ1v) is 7.88. The molecule has 0 atom stereocenters. The maximum absolute atomic E-state index is 13.4. The highest BCUT2D eigenvalue weighted by molar-refractivity contribution is 5.65. The van der Waals surface area contributed by atoms with Crippen molar-refractivity contribution in [2.24, 2.45) is 0 Å². The molecule has 0 saturated carbocycles. The smallest absolute Gasteiger partial charge is 0.329 e. The van der Waals surface area contributed by atoms with Crippen LogP contribution in [-0.2, 0) is 6.18 Å². The lowest BCUT2D eigenvalue weighted by molar-refractivity contribution is -0.137. The third-order valence-corrected chi connectivity index (χ3v) is 3.81. The van der Waals surface area contributed by atoms with Crippen LogP contribution in [0.1, 0.15) is 11.1 Å². The van der Waals surface area contributed by atoms with E-state index in [1.807, 2.05) is 6.07 Å². The maximum atomic E-state index is 13.4. The number of nitrogens with zero attached hydrogens (tertiary/aromatic N) is 4. The zero-order chi connectivity index (χ0) is 19.4. The number of nitrogens with one attached hydrogen (secondary N) is 1. The number of halogens is 3. The van der Waals surface area contributed by atoms with Crippen molar-refractivity contribution < 1.29 is 13.2 Å². The summed E-state index contributed by atoms with van der Waals surface area (Å²) in [6.45, 7) is 0. The van der Waals surface area contributed by atoms with Crippen LogP contribution in [0, 0.1) is 11.3 Å². The lowest BCUT2D eigenvalue weighted by Gasteiger charge is -2.22. The SMILES string of the molecule is CN(c1ccccc1)c1nc(Nc2ccc(C#N)cc2)ncc1C(F)(F)F. The maximum Gasteiger partial charge on any atom is 0.421 e. The molecule has 3 aromatic rings. The number of rotatable bonds is 4. The molecule has 3 rings (SSSR count). The molecule has 1 N–H and O–H groups in total. The lowest BCUT2D eigenvalue weighted by atomic mass is 10.2. The highest BCUT2D eigenvalue weighted by atomic mass is 19.4. The fourth-order valence-electron chi connectivity index (χ4n) is 2.42. The van der Waals surface area contributed by atoms with Gasteiger partial charge in [-0.1, -0.05) is 18.2 Å². The van der Waals surface area contributed by atoms with E-state index in [4.69, 9.17) is 5.26 Å². The molecule has 1 aromatic heterocycles. The summed E-state index contributed by atoms with van der Waals surface area (Å²) in [4.78, 5) is 9.21. The molecule has 0 aliphatic rings. The highest BCUT2D eigenvalue weighted by Crippen LogP contribution is 2.37. The minimum atomic E-state index is -4.59. The van der Waals surface area contributed by atoms with E-state index in [1.54, 1.807) is 54.6 Å². The normalized spacial score (nSPS) is 10.9. The Morgan fingerprint density at radius 1 is 1.04 bits per heavy atom. The molecule has 0 saturated heterocycles. The van der Waals surface area contributed by atoms with Crippen molar-refractivity contribution in [1.82, 2.24) is 9.97 Å². The van der Waals surface area contributed by atoms with E-state index in [1.165, 1.54) is 11.9 Å². The standard InChI is InChI=1S/C19H14F3N5/c1-27(15-5-3-2-4-6-15)17-16(19(20,21)22)12-24-18(26-17)25-14-9-7-13(11-23)8-10-14/h2-10,12H,1H3,(H,24,25,26). The third kappa shape index (κ3) is 4.15. The van der Waals surface area contributed by atoms with Crippen LogP contribution >= 0.6 is 0 Å². The summed E-state index contributed by atoms with van der Waals surface area (Å²) in [5.74, 6) is -0.245. The molecule has 0 radical (unpaired) electrons. The van der Waals surface area contributed by atoms with Gasteiger partial charge in [-0.05, 0) is 36.4 Å². The number of alkyl halides is 3. The molecule has 8 heteroatoms. The van der Waals surface area contributed by atoms with Crippen molar-refractivity contribution in [3.8, 4) is 6.07 Å². The number of hydrogen-bond acceptors (Lipinski definition) is 5. The quantitative estimate of drug-likeness (QED) is 0.710. The summed E-state index contributed by atoms with van der Waals surface area (Å²) in [6.07, 6.45) is -3.83. The van der Waals surface area contributed by atoms with Crippen LogP contribution in [0.4, 0.5) is 36.3 Å². The topological polar surface area (TPSA) is 64.8 Å². The van der Waals surface area contributed by atoms with Crippen LogP contribution < -0.4 is 10.2 Å². The van der Waals surface area contributed by atoms with Gasteiger partial charge in [0.15, 0.2) is 5.82 Å². The van der Waals surface area contributed by atoms with Gasteiger partial charge in [0.25, 0.3) is 0 Å². The van der Waals surface area contributed by atoms with Gasteiger partial charge in [-0.2, -0.15) is 23.4 Å². The number of benzene rings is 2. The molecule has 0 spiro atoms. The van der Waals surface area contributed by atoms with Crippen LogP contribution in [0.3, 0.4) is 0 Å². The molecular weight excluding hydrogens is 355 g/mol.